The Morgan fingerprint density at radius 2 is 1.93 bits per heavy atom. The highest BCUT2D eigenvalue weighted by atomic mass is 15.3. The van der Waals surface area contributed by atoms with Gasteiger partial charge >= 0.3 is 0 Å². The third kappa shape index (κ3) is 4.31. The molecule has 1 atom stereocenters. The van der Waals surface area contributed by atoms with Crippen LogP contribution in [0.1, 0.15) is 41.5 Å². The Kier molecular flexibility index (Phi) is 5.83. The van der Waals surface area contributed by atoms with Crippen LogP contribution in [-0.4, -0.2) is 48.8 Å². The first-order valence-corrected chi connectivity index (χ1v) is 10.1. The molecule has 2 aromatic heterocycles. The minimum Gasteiger partial charge on any atom is -0.330 e. The fraction of sp³-hybridized carbons (Fsp3) is 0.476. The number of rotatable bonds is 7. The molecule has 1 aliphatic heterocycles. The zero-order chi connectivity index (χ0) is 19.3. The number of aromatic nitrogens is 5. The molecule has 28 heavy (non-hydrogen) atoms. The van der Waals surface area contributed by atoms with Crippen molar-refractivity contribution in [2.45, 2.75) is 38.3 Å². The summed E-state index contributed by atoms with van der Waals surface area (Å²) < 4.78 is 4.19. The average molecular weight is 380 g/mol. The van der Waals surface area contributed by atoms with E-state index < -0.39 is 0 Å². The zero-order valence-corrected chi connectivity index (χ0v) is 16.5. The van der Waals surface area contributed by atoms with E-state index in [4.69, 9.17) is 5.73 Å². The molecule has 4 rings (SSSR count). The van der Waals surface area contributed by atoms with Crippen molar-refractivity contribution in [1.29, 1.82) is 0 Å². The first-order valence-electron chi connectivity index (χ1n) is 10.1. The summed E-state index contributed by atoms with van der Waals surface area (Å²) >= 11 is 0. The van der Waals surface area contributed by atoms with E-state index in [2.05, 4.69) is 56.0 Å². The monoisotopic (exact) mass is 379 g/mol. The largest absolute Gasteiger partial charge is 0.330 e. The van der Waals surface area contributed by atoms with Crippen molar-refractivity contribution in [3.63, 3.8) is 0 Å². The average Bonchev–Trinajstić information content (AvgIpc) is 3.35. The molecule has 0 bridgehead atoms. The molecule has 7 heteroatoms. The molecule has 0 radical (unpaired) electrons. The van der Waals surface area contributed by atoms with Gasteiger partial charge in [-0.25, -0.2) is 4.98 Å². The van der Waals surface area contributed by atoms with E-state index in [0.717, 1.165) is 37.7 Å². The minimum atomic E-state index is 0.430. The summed E-state index contributed by atoms with van der Waals surface area (Å²) in [7, 11) is 2.08. The first-order chi connectivity index (χ1) is 13.7. The number of nitrogens with two attached hydrogens (primary N) is 1. The second-order valence-corrected chi connectivity index (χ2v) is 7.70. The smallest absolute Gasteiger partial charge is 0.152 e. The topological polar surface area (TPSA) is 77.8 Å². The Morgan fingerprint density at radius 1 is 1.11 bits per heavy atom. The van der Waals surface area contributed by atoms with E-state index in [1.54, 1.807) is 6.20 Å². The number of hydrogen-bond donors (Lipinski definition) is 1. The third-order valence-electron chi connectivity index (χ3n) is 5.61. The highest BCUT2D eigenvalue weighted by Crippen LogP contribution is 2.27. The van der Waals surface area contributed by atoms with Gasteiger partial charge in [0.15, 0.2) is 5.82 Å². The fourth-order valence-corrected chi connectivity index (χ4v) is 4.06. The number of likely N-dealkylation sites (tertiary alicyclic amines) is 1. The van der Waals surface area contributed by atoms with Crippen LogP contribution >= 0.6 is 0 Å². The molecule has 3 aromatic rings. The van der Waals surface area contributed by atoms with Crippen molar-refractivity contribution in [3.05, 3.63) is 65.8 Å². The molecular formula is C21H29N7. The number of hydrogen-bond acceptors (Lipinski definition) is 5. The van der Waals surface area contributed by atoms with Gasteiger partial charge in [-0.3, -0.25) is 4.90 Å². The highest BCUT2D eigenvalue weighted by molar-refractivity contribution is 5.23. The Morgan fingerprint density at radius 3 is 2.68 bits per heavy atom. The van der Waals surface area contributed by atoms with Crippen LogP contribution in [0.25, 0.3) is 0 Å². The molecule has 2 N–H and O–H groups in total. The molecule has 3 heterocycles. The van der Waals surface area contributed by atoms with Crippen molar-refractivity contribution in [2.75, 3.05) is 19.6 Å². The van der Waals surface area contributed by atoms with Gasteiger partial charge in [0.1, 0.15) is 5.82 Å². The number of piperidine rings is 1. The highest BCUT2D eigenvalue weighted by Gasteiger charge is 2.26. The standard InChI is InChI=1S/C21H29N7/c1-26-20(15-28-12-10-23-16-28)24-25-21(26)19-3-2-11-27(14-19)13-18-6-4-17(5-7-18)8-9-22/h4-7,10,12,16,19H,2-3,8-9,11,13-15,22H2,1H3/t19-/m1/s1. The van der Waals surface area contributed by atoms with Crippen molar-refractivity contribution >= 4 is 0 Å². The van der Waals surface area contributed by atoms with Crippen LogP contribution in [0, 0.1) is 0 Å². The predicted octanol–water partition coefficient (Wildman–Crippen LogP) is 1.94. The Bertz CT molecular complexity index is 867. The number of benzene rings is 1. The minimum absolute atomic E-state index is 0.430. The second-order valence-electron chi connectivity index (χ2n) is 7.70. The Labute approximate surface area is 166 Å². The molecular weight excluding hydrogens is 350 g/mol. The van der Waals surface area contributed by atoms with E-state index in [9.17, 15) is 0 Å². The molecule has 1 aliphatic rings. The summed E-state index contributed by atoms with van der Waals surface area (Å²) in [5.41, 5.74) is 8.32. The van der Waals surface area contributed by atoms with Crippen LogP contribution in [0.4, 0.5) is 0 Å². The zero-order valence-electron chi connectivity index (χ0n) is 16.5. The molecule has 0 spiro atoms. The molecule has 7 nitrogen and oxygen atoms in total. The van der Waals surface area contributed by atoms with Crippen LogP contribution in [0.5, 0.6) is 0 Å². The maximum Gasteiger partial charge on any atom is 0.152 e. The number of imidazole rings is 1. The lowest BCUT2D eigenvalue weighted by atomic mass is 9.96. The lowest BCUT2D eigenvalue weighted by molar-refractivity contribution is 0.195. The lowest BCUT2D eigenvalue weighted by Gasteiger charge is -2.32. The predicted molar refractivity (Wildman–Crippen MR) is 109 cm³/mol. The summed E-state index contributed by atoms with van der Waals surface area (Å²) in [6.07, 6.45) is 8.87. The van der Waals surface area contributed by atoms with Gasteiger partial charge in [0.2, 0.25) is 0 Å². The summed E-state index contributed by atoms with van der Waals surface area (Å²) in [4.78, 5) is 6.64. The third-order valence-corrected chi connectivity index (χ3v) is 5.61. The van der Waals surface area contributed by atoms with Crippen LogP contribution < -0.4 is 5.73 Å². The maximum absolute atomic E-state index is 5.64. The van der Waals surface area contributed by atoms with E-state index in [0.29, 0.717) is 19.0 Å². The molecule has 0 saturated carbocycles. The SMILES string of the molecule is Cn1c(Cn2ccnc2)nnc1[C@@H]1CCCN(Cc2ccc(CCN)cc2)C1. The van der Waals surface area contributed by atoms with Gasteiger partial charge in [0.05, 0.1) is 12.9 Å². The van der Waals surface area contributed by atoms with Gasteiger partial charge in [0, 0.05) is 38.4 Å². The van der Waals surface area contributed by atoms with Crippen molar-refractivity contribution < 1.29 is 0 Å². The Hall–Kier alpha value is -2.51. The van der Waals surface area contributed by atoms with Crippen LogP contribution in [0.2, 0.25) is 0 Å². The first kappa shape index (κ1) is 18.8. The van der Waals surface area contributed by atoms with E-state index >= 15 is 0 Å². The van der Waals surface area contributed by atoms with Crippen LogP contribution in [-0.2, 0) is 26.6 Å². The van der Waals surface area contributed by atoms with Gasteiger partial charge in [-0.2, -0.15) is 0 Å². The fourth-order valence-electron chi connectivity index (χ4n) is 4.06. The number of nitrogens with zero attached hydrogens (tertiary/aromatic N) is 6. The molecule has 0 amide bonds. The second kappa shape index (κ2) is 8.67. The molecule has 1 aromatic carbocycles. The molecule has 148 valence electrons. The van der Waals surface area contributed by atoms with E-state index in [1.807, 2.05) is 17.1 Å². The summed E-state index contributed by atoms with van der Waals surface area (Å²) in [5, 5.41) is 8.97. The molecule has 0 aliphatic carbocycles. The van der Waals surface area contributed by atoms with Crippen molar-refractivity contribution in [1.82, 2.24) is 29.2 Å². The summed E-state index contributed by atoms with van der Waals surface area (Å²) in [5.74, 6) is 2.50. The van der Waals surface area contributed by atoms with E-state index in [1.165, 1.54) is 24.0 Å². The van der Waals surface area contributed by atoms with Crippen LogP contribution in [0.15, 0.2) is 43.0 Å². The quantitative estimate of drug-likeness (QED) is 0.679. The summed E-state index contributed by atoms with van der Waals surface area (Å²) in [6, 6.07) is 8.88. The molecule has 0 unspecified atom stereocenters. The Balaban J connectivity index is 1.40. The summed E-state index contributed by atoms with van der Waals surface area (Å²) in [6.45, 7) is 4.56. The van der Waals surface area contributed by atoms with Gasteiger partial charge in [-0.1, -0.05) is 24.3 Å². The lowest BCUT2D eigenvalue weighted by Crippen LogP contribution is -2.34. The molecule has 1 saturated heterocycles. The van der Waals surface area contributed by atoms with Crippen LogP contribution in [0.3, 0.4) is 0 Å². The normalized spacial score (nSPS) is 17.9. The van der Waals surface area contributed by atoms with Crippen molar-refractivity contribution in [2.24, 2.45) is 12.8 Å². The van der Waals surface area contributed by atoms with Gasteiger partial charge < -0.3 is 14.9 Å². The van der Waals surface area contributed by atoms with Gasteiger partial charge in [0.25, 0.3) is 0 Å². The maximum atomic E-state index is 5.64. The molecule has 1 fully saturated rings. The van der Waals surface area contributed by atoms with E-state index in [-0.39, 0.29) is 0 Å². The van der Waals surface area contributed by atoms with Gasteiger partial charge in [-0.15, -0.1) is 10.2 Å². The van der Waals surface area contributed by atoms with Crippen molar-refractivity contribution in [3.8, 4) is 0 Å². The van der Waals surface area contributed by atoms with Gasteiger partial charge in [-0.05, 0) is 43.5 Å².